The highest BCUT2D eigenvalue weighted by Crippen LogP contribution is 2.23. The first-order valence-corrected chi connectivity index (χ1v) is 6.22. The van der Waals surface area contributed by atoms with E-state index in [-0.39, 0.29) is 6.04 Å². The predicted octanol–water partition coefficient (Wildman–Crippen LogP) is 2.51. The van der Waals surface area contributed by atoms with Crippen molar-refractivity contribution in [3.63, 3.8) is 0 Å². The molecule has 0 aliphatic heterocycles. The maximum absolute atomic E-state index is 5.71. The van der Waals surface area contributed by atoms with Gasteiger partial charge >= 0.3 is 0 Å². The summed E-state index contributed by atoms with van der Waals surface area (Å²) in [4.78, 5) is 4.48. The lowest BCUT2D eigenvalue weighted by Crippen LogP contribution is -2.30. The van der Waals surface area contributed by atoms with E-state index in [1.54, 1.807) is 0 Å². The number of nitrogens with two attached hydrogens (primary N) is 1. The lowest BCUT2D eigenvalue weighted by molar-refractivity contribution is 0.614. The van der Waals surface area contributed by atoms with E-state index >= 15 is 0 Å². The molecule has 0 fully saturated rings. The number of benzene rings is 1. The summed E-state index contributed by atoms with van der Waals surface area (Å²) in [7, 11) is 0. The van der Waals surface area contributed by atoms with Gasteiger partial charge in [-0.2, -0.15) is 0 Å². The van der Waals surface area contributed by atoms with Crippen LogP contribution < -0.4 is 11.3 Å². The highest BCUT2D eigenvalue weighted by atomic mass is 15.2. The number of nitrogens with one attached hydrogen (secondary N) is 1. The summed E-state index contributed by atoms with van der Waals surface area (Å²) in [6.45, 7) is 4.20. The van der Waals surface area contributed by atoms with Crippen LogP contribution in [0.4, 0.5) is 0 Å². The van der Waals surface area contributed by atoms with Gasteiger partial charge in [-0.05, 0) is 30.5 Å². The molecule has 1 aromatic heterocycles. The number of hydrogen-bond acceptors (Lipinski definition) is 3. The van der Waals surface area contributed by atoms with Gasteiger partial charge in [0.1, 0.15) is 0 Å². The third kappa shape index (κ3) is 2.58. The van der Waals surface area contributed by atoms with Gasteiger partial charge in [0.25, 0.3) is 0 Å². The fourth-order valence-corrected chi connectivity index (χ4v) is 2.10. The van der Waals surface area contributed by atoms with Crippen LogP contribution in [0.25, 0.3) is 0 Å². The molecule has 2 aromatic rings. The highest BCUT2D eigenvalue weighted by molar-refractivity contribution is 5.34. The minimum Gasteiger partial charge on any atom is -0.271 e. The predicted molar refractivity (Wildman–Crippen MR) is 74.0 cm³/mol. The van der Waals surface area contributed by atoms with Crippen molar-refractivity contribution in [3.8, 4) is 0 Å². The Morgan fingerprint density at radius 3 is 2.56 bits per heavy atom. The van der Waals surface area contributed by atoms with Gasteiger partial charge in [0.05, 0.1) is 11.7 Å². The van der Waals surface area contributed by atoms with E-state index in [2.05, 4.69) is 54.6 Å². The lowest BCUT2D eigenvalue weighted by atomic mass is 9.98. The third-order valence-corrected chi connectivity index (χ3v) is 3.16. The minimum atomic E-state index is -0.0539. The Hall–Kier alpha value is -1.71. The van der Waals surface area contributed by atoms with E-state index in [9.17, 15) is 0 Å². The summed E-state index contributed by atoms with van der Waals surface area (Å²) >= 11 is 0. The van der Waals surface area contributed by atoms with Gasteiger partial charge in [0.2, 0.25) is 0 Å². The van der Waals surface area contributed by atoms with Crippen LogP contribution in [0.3, 0.4) is 0 Å². The summed E-state index contributed by atoms with van der Waals surface area (Å²) in [6.07, 6.45) is 2.76. The summed E-state index contributed by atoms with van der Waals surface area (Å²) < 4.78 is 0. The third-order valence-electron chi connectivity index (χ3n) is 3.16. The van der Waals surface area contributed by atoms with Gasteiger partial charge in [-0.25, -0.2) is 5.43 Å². The summed E-state index contributed by atoms with van der Waals surface area (Å²) in [5.41, 5.74) is 7.47. The largest absolute Gasteiger partial charge is 0.271 e. The number of pyridine rings is 1. The molecular weight excluding hydrogens is 222 g/mol. The molecule has 1 aromatic carbocycles. The van der Waals surface area contributed by atoms with Crippen molar-refractivity contribution in [2.75, 3.05) is 0 Å². The summed E-state index contributed by atoms with van der Waals surface area (Å²) in [5, 5.41) is 0. The Morgan fingerprint density at radius 2 is 1.94 bits per heavy atom. The Bertz CT molecular complexity index is 505. The summed E-state index contributed by atoms with van der Waals surface area (Å²) in [5.74, 6) is 5.71. The first-order valence-electron chi connectivity index (χ1n) is 6.22. The molecule has 94 valence electrons. The average Bonchev–Trinajstić information content (AvgIpc) is 2.42. The van der Waals surface area contributed by atoms with E-state index in [4.69, 9.17) is 5.84 Å². The molecule has 0 spiro atoms. The first kappa shape index (κ1) is 12.7. The smallest absolute Gasteiger partial charge is 0.0884 e. The van der Waals surface area contributed by atoms with Crippen LogP contribution in [0.5, 0.6) is 0 Å². The number of rotatable bonds is 4. The monoisotopic (exact) mass is 241 g/mol. The van der Waals surface area contributed by atoms with Crippen molar-refractivity contribution < 1.29 is 0 Å². The normalized spacial score (nSPS) is 12.4. The maximum atomic E-state index is 5.71. The second kappa shape index (κ2) is 5.76. The standard InChI is InChI=1S/C15H19N3/c1-3-12-5-4-10-17-14(12)15(18-16)13-8-6-11(2)7-9-13/h4-10,15,18H,3,16H2,1-2H3. The quantitative estimate of drug-likeness (QED) is 0.639. The molecule has 0 amide bonds. The van der Waals surface area contributed by atoms with Crippen molar-refractivity contribution in [2.45, 2.75) is 26.3 Å². The lowest BCUT2D eigenvalue weighted by Gasteiger charge is -2.18. The van der Waals surface area contributed by atoms with Crippen LogP contribution in [0.2, 0.25) is 0 Å². The zero-order valence-electron chi connectivity index (χ0n) is 10.9. The van der Waals surface area contributed by atoms with Gasteiger partial charge in [-0.1, -0.05) is 42.8 Å². The van der Waals surface area contributed by atoms with Crippen molar-refractivity contribution in [1.29, 1.82) is 0 Å². The molecule has 0 aliphatic carbocycles. The number of hydrogen-bond donors (Lipinski definition) is 2. The van der Waals surface area contributed by atoms with Gasteiger partial charge in [0, 0.05) is 6.20 Å². The molecule has 18 heavy (non-hydrogen) atoms. The van der Waals surface area contributed by atoms with Crippen LogP contribution >= 0.6 is 0 Å². The first-order chi connectivity index (χ1) is 8.76. The zero-order valence-corrected chi connectivity index (χ0v) is 10.9. The fourth-order valence-electron chi connectivity index (χ4n) is 2.10. The average molecular weight is 241 g/mol. The van der Waals surface area contributed by atoms with Crippen LogP contribution in [0.15, 0.2) is 42.6 Å². The van der Waals surface area contributed by atoms with Crippen molar-refractivity contribution in [1.82, 2.24) is 10.4 Å². The molecular formula is C15H19N3. The molecule has 0 saturated carbocycles. The molecule has 0 saturated heterocycles. The van der Waals surface area contributed by atoms with Crippen molar-refractivity contribution in [3.05, 3.63) is 65.0 Å². The van der Waals surface area contributed by atoms with Gasteiger partial charge in [0.15, 0.2) is 0 Å². The van der Waals surface area contributed by atoms with Crippen LogP contribution in [0, 0.1) is 6.92 Å². The SMILES string of the molecule is CCc1cccnc1C(NN)c1ccc(C)cc1. The fraction of sp³-hybridized carbons (Fsp3) is 0.267. The Morgan fingerprint density at radius 1 is 1.22 bits per heavy atom. The second-order valence-electron chi connectivity index (χ2n) is 4.41. The highest BCUT2D eigenvalue weighted by Gasteiger charge is 2.16. The molecule has 1 unspecified atom stereocenters. The molecule has 1 heterocycles. The number of aryl methyl sites for hydroxylation is 2. The Labute approximate surface area is 108 Å². The van der Waals surface area contributed by atoms with Gasteiger partial charge in [-0.3, -0.25) is 10.8 Å². The van der Waals surface area contributed by atoms with Crippen LogP contribution in [-0.4, -0.2) is 4.98 Å². The molecule has 2 rings (SSSR count). The summed E-state index contributed by atoms with van der Waals surface area (Å²) in [6, 6.07) is 12.4. The van der Waals surface area contributed by atoms with E-state index in [0.29, 0.717) is 0 Å². The maximum Gasteiger partial charge on any atom is 0.0884 e. The van der Waals surface area contributed by atoms with Crippen molar-refractivity contribution in [2.24, 2.45) is 5.84 Å². The van der Waals surface area contributed by atoms with Crippen molar-refractivity contribution >= 4 is 0 Å². The molecule has 0 radical (unpaired) electrons. The van der Waals surface area contributed by atoms with E-state index in [1.807, 2.05) is 12.3 Å². The molecule has 0 bridgehead atoms. The molecule has 3 heteroatoms. The van der Waals surface area contributed by atoms with Gasteiger partial charge in [-0.15, -0.1) is 0 Å². The number of hydrazine groups is 1. The second-order valence-corrected chi connectivity index (χ2v) is 4.41. The van der Waals surface area contributed by atoms with Gasteiger partial charge < -0.3 is 0 Å². The Balaban J connectivity index is 2.41. The zero-order chi connectivity index (χ0) is 13.0. The number of aromatic nitrogens is 1. The Kier molecular flexibility index (Phi) is 4.07. The number of nitrogens with zero attached hydrogens (tertiary/aromatic N) is 1. The molecule has 3 N–H and O–H groups in total. The minimum absolute atomic E-state index is 0.0539. The van der Waals surface area contributed by atoms with Crippen LogP contribution in [-0.2, 0) is 6.42 Å². The topological polar surface area (TPSA) is 50.9 Å². The molecule has 1 atom stereocenters. The van der Waals surface area contributed by atoms with E-state index < -0.39 is 0 Å². The van der Waals surface area contributed by atoms with E-state index in [1.165, 1.54) is 11.1 Å². The van der Waals surface area contributed by atoms with Crippen LogP contribution in [0.1, 0.15) is 35.3 Å². The molecule has 3 nitrogen and oxygen atoms in total. The van der Waals surface area contributed by atoms with E-state index in [0.717, 1.165) is 17.7 Å². The molecule has 0 aliphatic rings.